The van der Waals surface area contributed by atoms with Crippen molar-refractivity contribution in [3.63, 3.8) is 0 Å². The van der Waals surface area contributed by atoms with Gasteiger partial charge in [-0.15, -0.1) is 0 Å². The van der Waals surface area contributed by atoms with Crippen molar-refractivity contribution < 1.29 is 13.9 Å². The molecule has 0 fully saturated rings. The first-order chi connectivity index (χ1) is 6.56. The molecule has 0 saturated heterocycles. The fourth-order valence-corrected chi connectivity index (χ4v) is 1.44. The number of hydrogen-bond acceptors (Lipinski definition) is 2. The summed E-state index contributed by atoms with van der Waals surface area (Å²) in [4.78, 5) is 11.5. The molecular formula is C11H13FO2. The molecule has 14 heavy (non-hydrogen) atoms. The molecule has 0 spiro atoms. The summed E-state index contributed by atoms with van der Waals surface area (Å²) in [5.74, 6) is -0.712. The van der Waals surface area contributed by atoms with Gasteiger partial charge in [-0.1, -0.05) is 0 Å². The molecule has 1 aromatic rings. The average Bonchev–Trinajstić information content (AvgIpc) is 2.01. The van der Waals surface area contributed by atoms with Gasteiger partial charge in [-0.3, -0.25) is 0 Å². The smallest absolute Gasteiger partial charge is 0.338 e. The minimum atomic E-state index is -0.387. The molecule has 0 heterocycles. The Morgan fingerprint density at radius 2 is 1.86 bits per heavy atom. The van der Waals surface area contributed by atoms with E-state index in [1.165, 1.54) is 12.1 Å². The lowest BCUT2D eigenvalue weighted by molar-refractivity contribution is 0.0524. The largest absolute Gasteiger partial charge is 0.462 e. The maximum Gasteiger partial charge on any atom is 0.338 e. The summed E-state index contributed by atoms with van der Waals surface area (Å²) >= 11 is 0. The highest BCUT2D eigenvalue weighted by Crippen LogP contribution is 2.16. The second-order valence-electron chi connectivity index (χ2n) is 3.14. The van der Waals surface area contributed by atoms with Crippen LogP contribution in [0.4, 0.5) is 4.39 Å². The van der Waals surface area contributed by atoms with Gasteiger partial charge in [0.05, 0.1) is 12.2 Å². The van der Waals surface area contributed by atoms with Crippen molar-refractivity contribution in [2.45, 2.75) is 20.8 Å². The fourth-order valence-electron chi connectivity index (χ4n) is 1.44. The predicted molar refractivity (Wildman–Crippen MR) is 51.8 cm³/mol. The molecule has 0 unspecified atom stereocenters. The molecule has 1 aromatic carbocycles. The van der Waals surface area contributed by atoms with Gasteiger partial charge in [-0.2, -0.15) is 0 Å². The molecule has 0 aliphatic rings. The second kappa shape index (κ2) is 4.22. The van der Waals surface area contributed by atoms with E-state index in [-0.39, 0.29) is 11.8 Å². The van der Waals surface area contributed by atoms with Crippen molar-refractivity contribution >= 4 is 5.97 Å². The number of hydrogen-bond donors (Lipinski definition) is 0. The second-order valence-corrected chi connectivity index (χ2v) is 3.14. The Bertz CT molecular complexity index is 335. The van der Waals surface area contributed by atoms with Crippen LogP contribution in [0.3, 0.4) is 0 Å². The number of halogens is 1. The van der Waals surface area contributed by atoms with Crippen molar-refractivity contribution in [3.05, 3.63) is 34.6 Å². The number of esters is 1. The highest BCUT2D eigenvalue weighted by atomic mass is 19.1. The summed E-state index contributed by atoms with van der Waals surface area (Å²) in [6.45, 7) is 5.46. The molecule has 3 heteroatoms. The van der Waals surface area contributed by atoms with Gasteiger partial charge in [-0.25, -0.2) is 9.18 Å². The Morgan fingerprint density at radius 1 is 1.36 bits per heavy atom. The third kappa shape index (κ3) is 2.10. The van der Waals surface area contributed by atoms with E-state index in [0.29, 0.717) is 23.3 Å². The zero-order valence-electron chi connectivity index (χ0n) is 8.56. The molecule has 0 atom stereocenters. The lowest BCUT2D eigenvalue weighted by atomic mass is 10.0. The van der Waals surface area contributed by atoms with Crippen molar-refractivity contribution in [1.29, 1.82) is 0 Å². The van der Waals surface area contributed by atoms with Gasteiger partial charge in [0.25, 0.3) is 0 Å². The van der Waals surface area contributed by atoms with Gasteiger partial charge in [0.1, 0.15) is 5.82 Å². The first kappa shape index (κ1) is 10.7. The van der Waals surface area contributed by atoms with E-state index in [4.69, 9.17) is 4.74 Å². The molecule has 0 N–H and O–H groups in total. The van der Waals surface area contributed by atoms with Crippen LogP contribution in [-0.2, 0) is 4.74 Å². The summed E-state index contributed by atoms with van der Waals surface area (Å²) in [5.41, 5.74) is 1.69. The molecule has 2 nitrogen and oxygen atoms in total. The Labute approximate surface area is 82.7 Å². The van der Waals surface area contributed by atoms with Crippen molar-refractivity contribution in [1.82, 2.24) is 0 Å². The van der Waals surface area contributed by atoms with Gasteiger partial charge >= 0.3 is 5.97 Å². The Morgan fingerprint density at radius 3 is 2.29 bits per heavy atom. The van der Waals surface area contributed by atoms with Crippen LogP contribution in [0, 0.1) is 19.7 Å². The van der Waals surface area contributed by atoms with Gasteiger partial charge < -0.3 is 4.74 Å². The first-order valence-electron chi connectivity index (χ1n) is 4.50. The van der Waals surface area contributed by atoms with Crippen molar-refractivity contribution in [2.24, 2.45) is 0 Å². The molecule has 0 saturated carbocycles. The summed E-state index contributed by atoms with van der Waals surface area (Å²) in [6, 6.07) is 2.67. The number of ether oxygens (including phenoxy) is 1. The Hall–Kier alpha value is -1.38. The van der Waals surface area contributed by atoms with Crippen LogP contribution in [0.1, 0.15) is 28.4 Å². The number of carbonyl (C=O) groups is 1. The average molecular weight is 196 g/mol. The molecule has 0 amide bonds. The maximum absolute atomic E-state index is 12.9. The lowest BCUT2D eigenvalue weighted by Crippen LogP contribution is -2.09. The third-order valence-corrected chi connectivity index (χ3v) is 1.98. The zero-order chi connectivity index (χ0) is 10.7. The summed E-state index contributed by atoms with van der Waals surface area (Å²) in [5, 5.41) is 0. The van der Waals surface area contributed by atoms with E-state index in [9.17, 15) is 9.18 Å². The first-order valence-corrected chi connectivity index (χ1v) is 4.50. The molecule has 0 aromatic heterocycles. The monoisotopic (exact) mass is 196 g/mol. The van der Waals surface area contributed by atoms with Crippen LogP contribution in [0.15, 0.2) is 12.1 Å². The summed E-state index contributed by atoms with van der Waals surface area (Å²) in [6.07, 6.45) is 0. The van der Waals surface area contributed by atoms with Crippen LogP contribution in [0.25, 0.3) is 0 Å². The van der Waals surface area contributed by atoms with E-state index in [1.807, 2.05) is 0 Å². The van der Waals surface area contributed by atoms with Crippen molar-refractivity contribution in [3.8, 4) is 0 Å². The SMILES string of the molecule is CCOC(=O)c1c(C)cc(F)cc1C. The van der Waals surface area contributed by atoms with Crippen LogP contribution in [0.2, 0.25) is 0 Å². The molecule has 1 rings (SSSR count). The quantitative estimate of drug-likeness (QED) is 0.679. The lowest BCUT2D eigenvalue weighted by Gasteiger charge is -2.08. The van der Waals surface area contributed by atoms with E-state index >= 15 is 0 Å². The minimum Gasteiger partial charge on any atom is -0.462 e. The van der Waals surface area contributed by atoms with E-state index in [0.717, 1.165) is 0 Å². The third-order valence-electron chi connectivity index (χ3n) is 1.98. The summed E-state index contributed by atoms with van der Waals surface area (Å²) in [7, 11) is 0. The zero-order valence-corrected chi connectivity index (χ0v) is 8.56. The molecule has 0 bridgehead atoms. The topological polar surface area (TPSA) is 26.3 Å². The maximum atomic E-state index is 12.9. The van der Waals surface area contributed by atoms with E-state index in [2.05, 4.69) is 0 Å². The summed E-state index contributed by atoms with van der Waals surface area (Å²) < 4.78 is 17.8. The number of aryl methyl sites for hydroxylation is 2. The van der Waals surface area contributed by atoms with Gasteiger partial charge in [0.15, 0.2) is 0 Å². The number of carbonyl (C=O) groups excluding carboxylic acids is 1. The van der Waals surface area contributed by atoms with E-state index in [1.54, 1.807) is 20.8 Å². The number of benzene rings is 1. The molecule has 76 valence electrons. The normalized spacial score (nSPS) is 10.0. The molecular weight excluding hydrogens is 183 g/mol. The van der Waals surface area contributed by atoms with Crippen LogP contribution in [-0.4, -0.2) is 12.6 Å². The highest BCUT2D eigenvalue weighted by Gasteiger charge is 2.13. The van der Waals surface area contributed by atoms with Crippen LogP contribution in [0.5, 0.6) is 0 Å². The molecule has 0 aliphatic heterocycles. The van der Waals surface area contributed by atoms with Gasteiger partial charge in [0.2, 0.25) is 0 Å². The van der Waals surface area contributed by atoms with Crippen LogP contribution >= 0.6 is 0 Å². The standard InChI is InChI=1S/C11H13FO2/c1-4-14-11(13)10-7(2)5-9(12)6-8(10)3/h5-6H,4H2,1-3H3. The fraction of sp³-hybridized carbons (Fsp3) is 0.364. The molecule has 0 radical (unpaired) electrons. The molecule has 0 aliphatic carbocycles. The van der Waals surface area contributed by atoms with Crippen LogP contribution < -0.4 is 0 Å². The highest BCUT2D eigenvalue weighted by molar-refractivity contribution is 5.92. The predicted octanol–water partition coefficient (Wildman–Crippen LogP) is 2.62. The van der Waals surface area contributed by atoms with Gasteiger partial charge in [0, 0.05) is 0 Å². The Kier molecular flexibility index (Phi) is 3.23. The van der Waals surface area contributed by atoms with Crippen molar-refractivity contribution in [2.75, 3.05) is 6.61 Å². The number of rotatable bonds is 2. The van der Waals surface area contributed by atoms with Gasteiger partial charge in [-0.05, 0) is 44.0 Å². The minimum absolute atomic E-state index is 0.326. The Balaban J connectivity index is 3.14. The van der Waals surface area contributed by atoms with E-state index < -0.39 is 0 Å².